The van der Waals surface area contributed by atoms with Crippen LogP contribution in [-0.4, -0.2) is 24.1 Å². The van der Waals surface area contributed by atoms with Crippen molar-refractivity contribution in [3.05, 3.63) is 51.4 Å². The zero-order chi connectivity index (χ0) is 14.8. The highest BCUT2D eigenvalue weighted by Gasteiger charge is 2.17. The van der Waals surface area contributed by atoms with E-state index in [4.69, 9.17) is 0 Å². The lowest BCUT2D eigenvalue weighted by Crippen LogP contribution is -2.15. The Labute approximate surface area is 128 Å². The van der Waals surface area contributed by atoms with Gasteiger partial charge < -0.3 is 9.88 Å². The standard InChI is InChI=1S/C16H19N3OS/c1-19(2)14-9-4-3-6-11(14)10-21-16-17-13-8-5-7-12(13)15(20)18-16/h3-4,6,9H,5,7-8,10H2,1-2H3,(H,17,18,20). The first kappa shape index (κ1) is 14.2. The van der Waals surface area contributed by atoms with Crippen molar-refractivity contribution in [3.63, 3.8) is 0 Å². The molecule has 0 unspecified atom stereocenters. The van der Waals surface area contributed by atoms with Gasteiger partial charge in [0.1, 0.15) is 0 Å². The molecule has 0 saturated carbocycles. The summed E-state index contributed by atoms with van der Waals surface area (Å²) in [4.78, 5) is 21.6. The summed E-state index contributed by atoms with van der Waals surface area (Å²) < 4.78 is 0. The number of aromatic amines is 1. The van der Waals surface area contributed by atoms with Gasteiger partial charge in [0.15, 0.2) is 5.16 Å². The maximum Gasteiger partial charge on any atom is 0.254 e. The summed E-state index contributed by atoms with van der Waals surface area (Å²) in [7, 11) is 4.08. The Morgan fingerprint density at radius 3 is 2.90 bits per heavy atom. The van der Waals surface area contributed by atoms with Crippen LogP contribution in [0.2, 0.25) is 0 Å². The average molecular weight is 301 g/mol. The van der Waals surface area contributed by atoms with Gasteiger partial charge in [-0.05, 0) is 30.9 Å². The number of aromatic nitrogens is 2. The van der Waals surface area contributed by atoms with E-state index in [1.54, 1.807) is 11.8 Å². The summed E-state index contributed by atoms with van der Waals surface area (Å²) in [6.07, 6.45) is 2.84. The van der Waals surface area contributed by atoms with Crippen LogP contribution in [-0.2, 0) is 18.6 Å². The molecule has 1 heterocycles. The molecule has 21 heavy (non-hydrogen) atoms. The largest absolute Gasteiger partial charge is 0.377 e. The number of thioether (sulfide) groups is 1. The third-order valence-electron chi connectivity index (χ3n) is 3.76. The Balaban J connectivity index is 1.80. The summed E-state index contributed by atoms with van der Waals surface area (Å²) in [6, 6.07) is 8.31. The van der Waals surface area contributed by atoms with Crippen molar-refractivity contribution in [2.24, 2.45) is 0 Å². The Hall–Kier alpha value is -1.75. The summed E-state index contributed by atoms with van der Waals surface area (Å²) in [5, 5.41) is 0.731. The number of nitrogens with one attached hydrogen (secondary N) is 1. The van der Waals surface area contributed by atoms with E-state index in [2.05, 4.69) is 27.0 Å². The van der Waals surface area contributed by atoms with Crippen molar-refractivity contribution in [1.29, 1.82) is 0 Å². The van der Waals surface area contributed by atoms with Crippen LogP contribution in [0.3, 0.4) is 0 Å². The molecule has 2 aromatic rings. The van der Waals surface area contributed by atoms with E-state index in [0.717, 1.165) is 41.4 Å². The van der Waals surface area contributed by atoms with E-state index in [9.17, 15) is 4.79 Å². The topological polar surface area (TPSA) is 49.0 Å². The molecule has 5 heteroatoms. The molecule has 0 spiro atoms. The zero-order valence-electron chi connectivity index (χ0n) is 12.3. The molecule has 1 aliphatic carbocycles. The Morgan fingerprint density at radius 1 is 1.29 bits per heavy atom. The lowest BCUT2D eigenvalue weighted by Gasteiger charge is -2.16. The van der Waals surface area contributed by atoms with Crippen molar-refractivity contribution in [2.75, 3.05) is 19.0 Å². The molecule has 110 valence electrons. The van der Waals surface area contributed by atoms with E-state index in [1.807, 2.05) is 26.2 Å². The van der Waals surface area contributed by atoms with E-state index < -0.39 is 0 Å². The smallest absolute Gasteiger partial charge is 0.254 e. The molecule has 0 amide bonds. The number of hydrogen-bond donors (Lipinski definition) is 1. The number of hydrogen-bond acceptors (Lipinski definition) is 4. The van der Waals surface area contributed by atoms with Gasteiger partial charge >= 0.3 is 0 Å². The molecule has 3 rings (SSSR count). The summed E-state index contributed by atoms with van der Waals surface area (Å²) >= 11 is 1.59. The number of aryl methyl sites for hydroxylation is 1. The number of anilines is 1. The fourth-order valence-electron chi connectivity index (χ4n) is 2.70. The summed E-state index contributed by atoms with van der Waals surface area (Å²) in [6.45, 7) is 0. The molecule has 1 aromatic heterocycles. The normalized spacial score (nSPS) is 13.2. The lowest BCUT2D eigenvalue weighted by molar-refractivity contribution is 0.869. The molecule has 0 fully saturated rings. The third-order valence-corrected chi connectivity index (χ3v) is 4.68. The number of nitrogens with zero attached hydrogens (tertiary/aromatic N) is 2. The minimum atomic E-state index is 0.0425. The fraction of sp³-hybridized carbons (Fsp3) is 0.375. The molecule has 0 radical (unpaired) electrons. The lowest BCUT2D eigenvalue weighted by atomic mass is 10.2. The second-order valence-corrected chi connectivity index (χ2v) is 6.43. The minimum Gasteiger partial charge on any atom is -0.377 e. The Morgan fingerprint density at radius 2 is 2.10 bits per heavy atom. The number of fused-ring (bicyclic) bond motifs is 1. The van der Waals surface area contributed by atoms with Crippen LogP contribution in [0, 0.1) is 0 Å². The van der Waals surface area contributed by atoms with Gasteiger partial charge in [0.2, 0.25) is 0 Å². The van der Waals surface area contributed by atoms with Crippen LogP contribution in [0.5, 0.6) is 0 Å². The van der Waals surface area contributed by atoms with Crippen molar-refractivity contribution in [1.82, 2.24) is 9.97 Å². The highest BCUT2D eigenvalue weighted by molar-refractivity contribution is 7.98. The van der Waals surface area contributed by atoms with Gasteiger partial charge in [-0.25, -0.2) is 4.98 Å². The summed E-state index contributed by atoms with van der Waals surface area (Å²) in [5.41, 5.74) is 4.36. The van der Waals surface area contributed by atoms with Crippen LogP contribution in [0.1, 0.15) is 23.2 Å². The predicted octanol–water partition coefficient (Wildman–Crippen LogP) is 2.62. The van der Waals surface area contributed by atoms with Crippen molar-refractivity contribution in [2.45, 2.75) is 30.2 Å². The molecule has 0 bridgehead atoms. The first-order valence-electron chi connectivity index (χ1n) is 7.15. The van der Waals surface area contributed by atoms with Gasteiger partial charge in [-0.1, -0.05) is 30.0 Å². The SMILES string of the molecule is CN(C)c1ccccc1CSc1nc2c(c(=O)[nH]1)CCC2. The zero-order valence-corrected chi connectivity index (χ0v) is 13.2. The molecule has 0 atom stereocenters. The van der Waals surface area contributed by atoms with E-state index >= 15 is 0 Å². The van der Waals surface area contributed by atoms with Gasteiger partial charge in [-0.15, -0.1) is 0 Å². The average Bonchev–Trinajstić information content (AvgIpc) is 2.94. The van der Waals surface area contributed by atoms with Crippen LogP contribution >= 0.6 is 11.8 Å². The highest BCUT2D eigenvalue weighted by Crippen LogP contribution is 2.26. The van der Waals surface area contributed by atoms with Crippen LogP contribution < -0.4 is 10.5 Å². The van der Waals surface area contributed by atoms with Crippen molar-refractivity contribution in [3.8, 4) is 0 Å². The van der Waals surface area contributed by atoms with E-state index in [0.29, 0.717) is 0 Å². The van der Waals surface area contributed by atoms with Gasteiger partial charge in [0.25, 0.3) is 5.56 Å². The predicted molar refractivity (Wildman–Crippen MR) is 87.2 cm³/mol. The third kappa shape index (κ3) is 2.97. The first-order chi connectivity index (χ1) is 10.1. The van der Waals surface area contributed by atoms with Crippen LogP contribution in [0.4, 0.5) is 5.69 Å². The Bertz CT molecular complexity index is 709. The number of benzene rings is 1. The van der Waals surface area contributed by atoms with Gasteiger partial charge in [-0.3, -0.25) is 4.79 Å². The number of rotatable bonds is 4. The molecule has 1 aliphatic rings. The minimum absolute atomic E-state index is 0.0425. The molecule has 1 aromatic carbocycles. The molecular weight excluding hydrogens is 282 g/mol. The monoisotopic (exact) mass is 301 g/mol. The van der Waals surface area contributed by atoms with Gasteiger partial charge in [0, 0.05) is 31.1 Å². The van der Waals surface area contributed by atoms with E-state index in [-0.39, 0.29) is 5.56 Å². The van der Waals surface area contributed by atoms with E-state index in [1.165, 1.54) is 11.3 Å². The maximum absolute atomic E-state index is 12.0. The molecule has 0 aliphatic heterocycles. The second kappa shape index (κ2) is 5.93. The molecule has 0 saturated heterocycles. The molecule has 4 nitrogen and oxygen atoms in total. The highest BCUT2D eigenvalue weighted by atomic mass is 32.2. The van der Waals surface area contributed by atoms with Crippen molar-refractivity contribution >= 4 is 17.4 Å². The van der Waals surface area contributed by atoms with Crippen molar-refractivity contribution < 1.29 is 0 Å². The second-order valence-electron chi connectivity index (χ2n) is 5.46. The first-order valence-corrected chi connectivity index (χ1v) is 8.14. The molecular formula is C16H19N3OS. The van der Waals surface area contributed by atoms with Gasteiger partial charge in [-0.2, -0.15) is 0 Å². The maximum atomic E-state index is 12.0. The summed E-state index contributed by atoms with van der Waals surface area (Å²) in [5.74, 6) is 0.802. The number of para-hydroxylation sites is 1. The quantitative estimate of drug-likeness (QED) is 0.696. The number of H-pyrrole nitrogens is 1. The fourth-order valence-corrected chi connectivity index (χ4v) is 3.58. The molecule has 1 N–H and O–H groups in total. The van der Waals surface area contributed by atoms with Crippen LogP contribution in [0.25, 0.3) is 0 Å². The van der Waals surface area contributed by atoms with Gasteiger partial charge in [0.05, 0.1) is 5.69 Å². The Kier molecular flexibility index (Phi) is 4.01. The van der Waals surface area contributed by atoms with Crippen LogP contribution in [0.15, 0.2) is 34.2 Å².